The molecule has 0 amide bonds. The van der Waals surface area contributed by atoms with E-state index in [9.17, 15) is 0 Å². The summed E-state index contributed by atoms with van der Waals surface area (Å²) in [7, 11) is 0. The van der Waals surface area contributed by atoms with E-state index in [0.717, 1.165) is 24.2 Å². The van der Waals surface area contributed by atoms with Gasteiger partial charge >= 0.3 is 0 Å². The molecular weight excluding hydrogens is 629 g/mol. The number of hydrogen-bond acceptors (Lipinski definition) is 1. The third kappa shape index (κ3) is 4.11. The zero-order valence-corrected chi connectivity index (χ0v) is 29.3. The predicted octanol–water partition coefficient (Wildman–Crippen LogP) is 14.2. The van der Waals surface area contributed by atoms with Gasteiger partial charge in [-0.15, -0.1) is 0 Å². The fourth-order valence-corrected chi connectivity index (χ4v) is 9.49. The second-order valence-electron chi connectivity index (χ2n) is 15.1. The monoisotopic (exact) mass is 664 g/mol. The largest absolute Gasteiger partial charge is 0.456 e. The van der Waals surface area contributed by atoms with Gasteiger partial charge in [-0.05, 0) is 125 Å². The third-order valence-electron chi connectivity index (χ3n) is 11.9. The lowest BCUT2D eigenvalue weighted by atomic mass is 9.80. The van der Waals surface area contributed by atoms with Crippen molar-refractivity contribution < 1.29 is 4.42 Å². The number of benzene rings is 8. The zero-order chi connectivity index (χ0) is 34.6. The van der Waals surface area contributed by atoms with Crippen molar-refractivity contribution in [1.82, 2.24) is 0 Å². The molecule has 1 nitrogen and oxygen atoms in total. The summed E-state index contributed by atoms with van der Waals surface area (Å²) in [6.07, 6.45) is 6.47. The number of rotatable bonds is 3. The fraction of sp³-hybridized carbons (Fsp3) is 0.0980. The van der Waals surface area contributed by atoms with Gasteiger partial charge < -0.3 is 4.42 Å². The van der Waals surface area contributed by atoms with E-state index >= 15 is 0 Å². The molecule has 0 aliphatic heterocycles. The summed E-state index contributed by atoms with van der Waals surface area (Å²) in [5.41, 5.74) is 15.3. The summed E-state index contributed by atoms with van der Waals surface area (Å²) in [5, 5.41) is 9.02. The first-order valence-corrected chi connectivity index (χ1v) is 18.5. The lowest BCUT2D eigenvalue weighted by Gasteiger charge is -2.23. The molecule has 9 aromatic rings. The molecule has 11 rings (SSSR count). The van der Waals surface area contributed by atoms with Crippen molar-refractivity contribution in [2.24, 2.45) is 0 Å². The van der Waals surface area contributed by atoms with Crippen molar-refractivity contribution >= 4 is 49.4 Å². The summed E-state index contributed by atoms with van der Waals surface area (Å²) < 4.78 is 6.34. The lowest BCUT2D eigenvalue weighted by molar-refractivity contribution is 0.595. The Morgan fingerprint density at radius 1 is 0.481 bits per heavy atom. The van der Waals surface area contributed by atoms with Crippen LogP contribution in [0, 0.1) is 0 Å². The third-order valence-corrected chi connectivity index (χ3v) is 11.9. The molecule has 52 heavy (non-hydrogen) atoms. The normalized spacial score (nSPS) is 14.3. The first-order chi connectivity index (χ1) is 25.6. The van der Waals surface area contributed by atoms with Crippen LogP contribution in [-0.4, -0.2) is 0 Å². The molecule has 1 aromatic heterocycles. The topological polar surface area (TPSA) is 13.1 Å². The maximum atomic E-state index is 6.34. The van der Waals surface area contributed by atoms with Crippen molar-refractivity contribution in [3.05, 3.63) is 174 Å². The van der Waals surface area contributed by atoms with Gasteiger partial charge in [0.15, 0.2) is 0 Å². The van der Waals surface area contributed by atoms with Crippen molar-refractivity contribution in [3.8, 4) is 44.5 Å². The first-order valence-electron chi connectivity index (χ1n) is 18.5. The molecule has 1 heteroatoms. The predicted molar refractivity (Wildman–Crippen MR) is 220 cm³/mol. The van der Waals surface area contributed by atoms with Crippen molar-refractivity contribution in [1.29, 1.82) is 0 Å². The maximum absolute atomic E-state index is 6.34. The molecule has 8 aromatic carbocycles. The molecule has 0 atom stereocenters. The molecule has 246 valence electrons. The van der Waals surface area contributed by atoms with Crippen molar-refractivity contribution in [2.75, 3.05) is 0 Å². The molecule has 0 saturated heterocycles. The molecule has 0 N–H and O–H groups in total. The summed E-state index contributed by atoms with van der Waals surface area (Å²) >= 11 is 0. The molecule has 0 spiro atoms. The van der Waals surface area contributed by atoms with Gasteiger partial charge in [-0.2, -0.15) is 0 Å². The van der Waals surface area contributed by atoms with Crippen LogP contribution in [0.15, 0.2) is 156 Å². The molecule has 2 aliphatic carbocycles. The van der Waals surface area contributed by atoms with Gasteiger partial charge in [0.2, 0.25) is 0 Å². The Hall–Kier alpha value is -6.18. The highest BCUT2D eigenvalue weighted by Crippen LogP contribution is 2.54. The van der Waals surface area contributed by atoms with E-state index < -0.39 is 0 Å². The molecule has 1 heterocycles. The van der Waals surface area contributed by atoms with Gasteiger partial charge in [-0.1, -0.05) is 147 Å². The number of furan rings is 1. The molecule has 0 radical (unpaired) electrons. The fourth-order valence-electron chi connectivity index (χ4n) is 9.49. The minimum Gasteiger partial charge on any atom is -0.456 e. The SMILES string of the molecule is CC1(C)c2cc(-c3c4ccccc4c(-c4ccc(-c5ccccc5)cc4)c4ccccc34)ccc2-c2c1ccc1c2ccc2oc3c(c21)CCC=C3. The molecule has 2 aliphatic rings. The standard InChI is InChI=1S/C51H36O/c1-51(2)43-28-26-40-39(27-29-46-50(40)42-18-10-11-19-45(42)52-46)49(43)41-25-24-34(30-44(41)51)48-37-16-8-6-14-35(37)47(36-15-7-9-17-38(36)48)33-22-20-32(21-23-33)31-12-4-3-5-13-31/h3-9,11-17,19-30H,10,18H2,1-2H3. The van der Waals surface area contributed by atoms with Crippen LogP contribution >= 0.6 is 0 Å². The summed E-state index contributed by atoms with van der Waals surface area (Å²) in [4.78, 5) is 0. The molecule has 0 fully saturated rings. The average molecular weight is 665 g/mol. The average Bonchev–Trinajstić information content (AvgIpc) is 3.69. The Morgan fingerprint density at radius 2 is 1.06 bits per heavy atom. The first kappa shape index (κ1) is 29.5. The van der Waals surface area contributed by atoms with Crippen LogP contribution in [-0.2, 0) is 11.8 Å². The number of fused-ring (bicyclic) bond motifs is 11. The lowest BCUT2D eigenvalue weighted by Crippen LogP contribution is -2.15. The van der Waals surface area contributed by atoms with Gasteiger partial charge in [0.25, 0.3) is 0 Å². The Morgan fingerprint density at radius 3 is 1.77 bits per heavy atom. The number of hydrogen-bond donors (Lipinski definition) is 0. The van der Waals surface area contributed by atoms with Gasteiger partial charge in [-0.25, -0.2) is 0 Å². The summed E-state index contributed by atoms with van der Waals surface area (Å²) in [6, 6.07) is 54.2. The van der Waals surface area contributed by atoms with E-state index in [1.165, 1.54) is 98.9 Å². The quantitative estimate of drug-likeness (QED) is 0.171. The summed E-state index contributed by atoms with van der Waals surface area (Å²) in [5.74, 6) is 1.02. The smallest absolute Gasteiger partial charge is 0.135 e. The molecule has 0 saturated carbocycles. The van der Waals surface area contributed by atoms with Crippen LogP contribution in [0.4, 0.5) is 0 Å². The van der Waals surface area contributed by atoms with Crippen molar-refractivity contribution in [3.63, 3.8) is 0 Å². The molecule has 0 unspecified atom stereocenters. The molecular formula is C51H36O. The molecule has 0 bridgehead atoms. The zero-order valence-electron chi connectivity index (χ0n) is 29.3. The van der Waals surface area contributed by atoms with Gasteiger partial charge in [0.1, 0.15) is 11.3 Å². The minimum atomic E-state index is -0.144. The van der Waals surface area contributed by atoms with E-state index in [1.54, 1.807) is 0 Å². The highest BCUT2D eigenvalue weighted by molar-refractivity contribution is 6.22. The Balaban J connectivity index is 1.11. The van der Waals surface area contributed by atoms with E-state index in [-0.39, 0.29) is 5.41 Å². The number of aryl methyl sites for hydroxylation is 1. The second-order valence-corrected chi connectivity index (χ2v) is 15.1. The van der Waals surface area contributed by atoms with E-state index in [2.05, 4.69) is 172 Å². The van der Waals surface area contributed by atoms with Crippen LogP contribution in [0.1, 0.15) is 42.7 Å². The highest BCUT2D eigenvalue weighted by Gasteiger charge is 2.37. The second kappa shape index (κ2) is 10.9. The van der Waals surface area contributed by atoms with Crippen LogP contribution in [0.25, 0.3) is 93.9 Å². The highest BCUT2D eigenvalue weighted by atomic mass is 16.3. The Labute approximate surface area is 303 Å². The van der Waals surface area contributed by atoms with Crippen molar-refractivity contribution in [2.45, 2.75) is 32.1 Å². The minimum absolute atomic E-state index is 0.144. The summed E-state index contributed by atoms with van der Waals surface area (Å²) in [6.45, 7) is 4.80. The van der Waals surface area contributed by atoms with E-state index in [4.69, 9.17) is 4.42 Å². The van der Waals surface area contributed by atoms with Crippen LogP contribution in [0.3, 0.4) is 0 Å². The van der Waals surface area contributed by atoms with Crippen LogP contribution in [0.2, 0.25) is 0 Å². The Kier molecular flexibility index (Phi) is 6.20. The van der Waals surface area contributed by atoms with Gasteiger partial charge in [0.05, 0.1) is 0 Å². The maximum Gasteiger partial charge on any atom is 0.135 e. The van der Waals surface area contributed by atoms with Gasteiger partial charge in [-0.3, -0.25) is 0 Å². The number of allylic oxidation sites excluding steroid dienone is 1. The Bertz CT molecular complexity index is 2900. The van der Waals surface area contributed by atoms with E-state index in [1.807, 2.05) is 0 Å². The van der Waals surface area contributed by atoms with Crippen LogP contribution < -0.4 is 0 Å². The van der Waals surface area contributed by atoms with Gasteiger partial charge in [0, 0.05) is 16.4 Å². The van der Waals surface area contributed by atoms with E-state index in [0.29, 0.717) is 0 Å². The van der Waals surface area contributed by atoms with Crippen LogP contribution in [0.5, 0.6) is 0 Å².